The second kappa shape index (κ2) is 8.30. The Morgan fingerprint density at radius 3 is 2.67 bits per heavy atom. The van der Waals surface area contributed by atoms with Crippen LogP contribution < -0.4 is 4.74 Å². The zero-order valence-corrected chi connectivity index (χ0v) is 15.3. The van der Waals surface area contributed by atoms with Gasteiger partial charge in [-0.2, -0.15) is 0 Å². The van der Waals surface area contributed by atoms with E-state index in [-0.39, 0.29) is 5.78 Å². The summed E-state index contributed by atoms with van der Waals surface area (Å²) in [6.07, 6.45) is 3.05. The summed E-state index contributed by atoms with van der Waals surface area (Å²) < 4.78 is 15.8. The van der Waals surface area contributed by atoms with Crippen LogP contribution in [0.3, 0.4) is 0 Å². The Morgan fingerprint density at radius 2 is 2.04 bits per heavy atom. The lowest BCUT2D eigenvalue weighted by Crippen LogP contribution is -2.18. The molecule has 0 amide bonds. The lowest BCUT2D eigenvalue weighted by atomic mass is 9.88. The van der Waals surface area contributed by atoms with E-state index in [1.807, 2.05) is 25.2 Å². The Kier molecular flexibility index (Phi) is 6.39. The monoisotopic (exact) mass is 353 g/mol. The van der Waals surface area contributed by atoms with Gasteiger partial charge in [-0.1, -0.05) is 11.3 Å². The van der Waals surface area contributed by atoms with Gasteiger partial charge in [-0.3, -0.25) is 4.79 Å². The van der Waals surface area contributed by atoms with Crippen LogP contribution in [-0.2, 0) is 15.9 Å². The summed E-state index contributed by atoms with van der Waals surface area (Å²) in [5, 5.41) is 0.472. The Morgan fingerprint density at radius 1 is 1.29 bits per heavy atom. The molecule has 1 aromatic heterocycles. The van der Waals surface area contributed by atoms with Crippen molar-refractivity contribution in [3.05, 3.63) is 27.8 Å². The van der Waals surface area contributed by atoms with Crippen LogP contribution in [0.4, 0.5) is 0 Å². The maximum absolute atomic E-state index is 12.8. The number of thiophene rings is 1. The molecule has 0 bridgehead atoms. The molecular weight excluding hydrogens is 330 g/mol. The highest BCUT2D eigenvalue weighted by molar-refractivity contribution is 7.16. The van der Waals surface area contributed by atoms with E-state index in [2.05, 4.69) is 0 Å². The third-order valence-corrected chi connectivity index (χ3v) is 4.66. The SMILES string of the molecule is CCOC(=O)c1sc(OCCOC)c2c1CC/C(=C/N(C)C)C2=O. The van der Waals surface area contributed by atoms with Crippen molar-refractivity contribution in [3.63, 3.8) is 0 Å². The van der Waals surface area contributed by atoms with Gasteiger partial charge in [0.25, 0.3) is 0 Å². The molecule has 7 heteroatoms. The van der Waals surface area contributed by atoms with E-state index in [0.29, 0.717) is 48.2 Å². The fourth-order valence-corrected chi connectivity index (χ4v) is 3.67. The third-order valence-electron chi connectivity index (χ3n) is 3.53. The number of hydrogen-bond donors (Lipinski definition) is 0. The van der Waals surface area contributed by atoms with Gasteiger partial charge in [-0.15, -0.1) is 0 Å². The molecule has 132 valence electrons. The molecular formula is C17H23NO5S. The molecule has 2 rings (SSSR count). The number of rotatable bonds is 7. The number of hydrogen-bond acceptors (Lipinski definition) is 7. The van der Waals surface area contributed by atoms with Gasteiger partial charge in [0.2, 0.25) is 0 Å². The Labute approximate surface area is 146 Å². The van der Waals surface area contributed by atoms with Crippen molar-refractivity contribution >= 4 is 23.1 Å². The van der Waals surface area contributed by atoms with Gasteiger partial charge >= 0.3 is 5.97 Å². The van der Waals surface area contributed by atoms with E-state index in [1.54, 1.807) is 14.0 Å². The van der Waals surface area contributed by atoms with Crippen molar-refractivity contribution in [2.45, 2.75) is 19.8 Å². The quantitative estimate of drug-likeness (QED) is 0.426. The summed E-state index contributed by atoms with van der Waals surface area (Å²) in [6, 6.07) is 0. The van der Waals surface area contributed by atoms with E-state index >= 15 is 0 Å². The standard InChI is InChI=1S/C17H23NO5S/c1-5-22-16(20)15-12-7-6-11(10-18(2)3)14(19)13(12)17(24-15)23-9-8-21-4/h10H,5-9H2,1-4H3/b11-10-. The molecule has 1 heterocycles. The van der Waals surface area contributed by atoms with Gasteiger partial charge < -0.3 is 19.1 Å². The van der Waals surface area contributed by atoms with E-state index in [4.69, 9.17) is 14.2 Å². The number of ketones is 1. The van der Waals surface area contributed by atoms with Crippen LogP contribution in [0.5, 0.6) is 5.06 Å². The Bertz CT molecular complexity index is 648. The molecule has 1 aliphatic carbocycles. The second-order valence-corrected chi connectivity index (χ2v) is 6.56. The number of esters is 1. The highest BCUT2D eigenvalue weighted by atomic mass is 32.1. The van der Waals surface area contributed by atoms with Gasteiger partial charge in [-0.25, -0.2) is 4.79 Å². The van der Waals surface area contributed by atoms with E-state index in [0.717, 1.165) is 11.1 Å². The van der Waals surface area contributed by atoms with Crippen molar-refractivity contribution in [1.82, 2.24) is 4.90 Å². The van der Waals surface area contributed by atoms with Crippen LogP contribution in [0.1, 0.15) is 38.9 Å². The van der Waals surface area contributed by atoms with Gasteiger partial charge in [0, 0.05) is 33.0 Å². The summed E-state index contributed by atoms with van der Waals surface area (Å²) in [6.45, 7) is 2.80. The minimum Gasteiger partial charge on any atom is -0.481 e. The van der Waals surface area contributed by atoms with Crippen molar-refractivity contribution in [1.29, 1.82) is 0 Å². The molecule has 0 saturated heterocycles. The third kappa shape index (κ3) is 3.96. The number of nitrogens with zero attached hydrogens (tertiary/aromatic N) is 1. The molecule has 0 aromatic carbocycles. The average molecular weight is 353 g/mol. The van der Waals surface area contributed by atoms with Gasteiger partial charge in [0.05, 0.1) is 18.8 Å². The van der Waals surface area contributed by atoms with Crippen molar-refractivity contribution in [2.24, 2.45) is 0 Å². The molecule has 0 unspecified atom stereocenters. The number of carbonyl (C=O) groups is 2. The molecule has 0 spiro atoms. The van der Waals surface area contributed by atoms with Crippen LogP contribution in [0.15, 0.2) is 11.8 Å². The predicted octanol–water partition coefficient (Wildman–Crippen LogP) is 2.52. The lowest BCUT2D eigenvalue weighted by Gasteiger charge is -2.18. The summed E-state index contributed by atoms with van der Waals surface area (Å²) in [7, 11) is 5.34. The van der Waals surface area contributed by atoms with Crippen molar-refractivity contribution < 1.29 is 23.8 Å². The first-order chi connectivity index (χ1) is 11.5. The number of methoxy groups -OCH3 is 1. The van der Waals surface area contributed by atoms with E-state index in [1.165, 1.54) is 11.3 Å². The first-order valence-corrected chi connectivity index (χ1v) is 8.67. The maximum Gasteiger partial charge on any atom is 0.348 e. The zero-order valence-electron chi connectivity index (χ0n) is 14.5. The number of Topliss-reactive ketones (excluding diaryl/α,β-unsaturated/α-hetero) is 1. The van der Waals surface area contributed by atoms with Gasteiger partial charge in [0.15, 0.2) is 10.8 Å². The van der Waals surface area contributed by atoms with Crippen LogP contribution in [-0.4, -0.2) is 57.7 Å². The van der Waals surface area contributed by atoms with E-state index < -0.39 is 5.97 Å². The Hall–Kier alpha value is -1.86. The topological polar surface area (TPSA) is 65.1 Å². The first-order valence-electron chi connectivity index (χ1n) is 7.85. The molecule has 0 radical (unpaired) electrons. The first kappa shape index (κ1) is 18.5. The predicted molar refractivity (Wildman–Crippen MR) is 92.1 cm³/mol. The van der Waals surface area contributed by atoms with Crippen LogP contribution >= 0.6 is 11.3 Å². The molecule has 6 nitrogen and oxygen atoms in total. The molecule has 1 aromatic rings. The molecule has 1 aliphatic rings. The normalized spacial score (nSPS) is 15.3. The highest BCUT2D eigenvalue weighted by Crippen LogP contribution is 2.41. The summed E-state index contributed by atoms with van der Waals surface area (Å²) >= 11 is 1.18. The molecule has 0 aliphatic heterocycles. The minimum atomic E-state index is -0.395. The molecule has 0 fully saturated rings. The highest BCUT2D eigenvalue weighted by Gasteiger charge is 2.33. The van der Waals surface area contributed by atoms with Crippen LogP contribution in [0, 0.1) is 0 Å². The fourth-order valence-electron chi connectivity index (χ4n) is 2.56. The summed E-state index contributed by atoms with van der Waals surface area (Å²) in [5.74, 6) is -0.475. The lowest BCUT2D eigenvalue weighted by molar-refractivity contribution is 0.0531. The number of fused-ring (bicyclic) bond motifs is 1. The van der Waals surface area contributed by atoms with Crippen molar-refractivity contribution in [2.75, 3.05) is 41.0 Å². The second-order valence-electron chi connectivity index (χ2n) is 5.58. The molecule has 0 saturated carbocycles. The molecule has 0 atom stereocenters. The summed E-state index contributed by atoms with van der Waals surface area (Å²) in [4.78, 5) is 27.4. The fraction of sp³-hybridized carbons (Fsp3) is 0.529. The Balaban J connectivity index is 2.42. The maximum atomic E-state index is 12.8. The average Bonchev–Trinajstić information content (AvgIpc) is 2.90. The smallest absolute Gasteiger partial charge is 0.348 e. The van der Waals surface area contributed by atoms with Crippen LogP contribution in [0.25, 0.3) is 0 Å². The zero-order chi connectivity index (χ0) is 17.7. The van der Waals surface area contributed by atoms with Gasteiger partial charge in [0.1, 0.15) is 11.5 Å². The van der Waals surface area contributed by atoms with E-state index in [9.17, 15) is 9.59 Å². The number of allylic oxidation sites excluding steroid dienone is 1. The van der Waals surface area contributed by atoms with Crippen molar-refractivity contribution in [3.8, 4) is 5.06 Å². The minimum absolute atomic E-state index is 0.0795. The largest absolute Gasteiger partial charge is 0.481 e. The van der Waals surface area contributed by atoms with Gasteiger partial charge in [-0.05, 0) is 25.3 Å². The molecule has 0 N–H and O–H groups in total. The molecule has 24 heavy (non-hydrogen) atoms. The number of carbonyl (C=O) groups excluding carboxylic acids is 2. The van der Waals surface area contributed by atoms with Crippen LogP contribution in [0.2, 0.25) is 0 Å². The summed E-state index contributed by atoms with van der Waals surface area (Å²) in [5.41, 5.74) is 1.96. The number of ether oxygens (including phenoxy) is 3.